The van der Waals surface area contributed by atoms with E-state index in [9.17, 15) is 0 Å². The van der Waals surface area contributed by atoms with Crippen LogP contribution in [-0.2, 0) is 38.1 Å². The maximum absolute atomic E-state index is 4.33. The van der Waals surface area contributed by atoms with E-state index in [-0.39, 0.29) is 45.6 Å². The Morgan fingerprint density at radius 1 is 1.06 bits per heavy atom. The van der Waals surface area contributed by atoms with Crippen molar-refractivity contribution < 1.29 is 32.7 Å². The van der Waals surface area contributed by atoms with Crippen molar-refractivity contribution in [2.75, 3.05) is 0 Å². The summed E-state index contributed by atoms with van der Waals surface area (Å²) in [5.41, 5.74) is 1.85. The number of rotatable bonds is 0. The normalized spacial score (nSPS) is 10.4. The van der Waals surface area contributed by atoms with Crippen molar-refractivity contribution in [2.24, 2.45) is 0 Å². The second-order valence-electron chi connectivity index (χ2n) is 4.35. The summed E-state index contributed by atoms with van der Waals surface area (Å²) in [5, 5.41) is 1.04. The predicted molar refractivity (Wildman–Crippen MR) is 62.4 cm³/mol. The van der Waals surface area contributed by atoms with Gasteiger partial charge in [0.2, 0.25) is 0 Å². The van der Waals surface area contributed by atoms with E-state index in [1.54, 1.807) is 12.5 Å². The number of fused-ring (bicyclic) bond motifs is 1. The van der Waals surface area contributed by atoms with Gasteiger partial charge in [-0.1, -0.05) is 20.8 Å². The van der Waals surface area contributed by atoms with E-state index >= 15 is 0 Å². The van der Waals surface area contributed by atoms with Crippen LogP contribution >= 0.6 is 0 Å². The molecule has 2 aromatic heterocycles. The molecule has 0 spiro atoms. The summed E-state index contributed by atoms with van der Waals surface area (Å²) in [6, 6.07) is 3.93. The van der Waals surface area contributed by atoms with Crippen LogP contribution in [-0.4, -0.2) is 15.0 Å². The average Bonchev–Trinajstić information content (AvgIpc) is 2.15. The van der Waals surface area contributed by atoms with Gasteiger partial charge in [0.15, 0.2) is 5.65 Å². The Morgan fingerprint density at radius 3 is 2.38 bits per heavy atom. The van der Waals surface area contributed by atoms with Gasteiger partial charge in [-0.3, -0.25) is 0 Å². The molecule has 4 heteroatoms. The standard InChI is InChI=1S/C11H13N3.CH3.Y/c1-11(2,3)9-8-5-4-6-12-10(8)14-7-13-9;;/h4-7H,1-3H3;1H3;/q;-1;. The molecule has 16 heavy (non-hydrogen) atoms. The van der Waals surface area contributed by atoms with Crippen molar-refractivity contribution >= 4 is 11.0 Å². The third kappa shape index (κ3) is 3.05. The predicted octanol–water partition coefficient (Wildman–Crippen LogP) is 2.77. The Morgan fingerprint density at radius 2 is 1.75 bits per heavy atom. The summed E-state index contributed by atoms with van der Waals surface area (Å²) < 4.78 is 0. The molecule has 0 aliphatic carbocycles. The first-order chi connectivity index (χ1) is 6.59. The zero-order chi connectivity index (χ0) is 10.2. The summed E-state index contributed by atoms with van der Waals surface area (Å²) in [4.78, 5) is 12.7. The van der Waals surface area contributed by atoms with E-state index in [2.05, 4.69) is 35.7 Å². The molecule has 2 rings (SSSR count). The average molecular weight is 291 g/mol. The Hall–Kier alpha value is -0.406. The summed E-state index contributed by atoms with van der Waals surface area (Å²) in [6.07, 6.45) is 3.33. The second-order valence-corrected chi connectivity index (χ2v) is 4.35. The summed E-state index contributed by atoms with van der Waals surface area (Å²) in [5.74, 6) is 0. The zero-order valence-corrected chi connectivity index (χ0v) is 13.1. The summed E-state index contributed by atoms with van der Waals surface area (Å²) in [7, 11) is 0. The maximum Gasteiger partial charge on any atom is 0.162 e. The molecule has 0 N–H and O–H groups in total. The Balaban J connectivity index is 0.00000112. The minimum Gasteiger partial charge on any atom is -0.358 e. The molecule has 2 aromatic rings. The molecule has 0 saturated carbocycles. The SMILES string of the molecule is CC(C)(C)c1ncnc2ncccc12.[CH3-].[Y]. The molecule has 0 saturated heterocycles. The van der Waals surface area contributed by atoms with E-state index in [4.69, 9.17) is 0 Å². The Labute approximate surface area is 122 Å². The molecular weight excluding hydrogens is 275 g/mol. The van der Waals surface area contributed by atoms with Gasteiger partial charge in [-0.25, -0.2) is 15.0 Å². The van der Waals surface area contributed by atoms with E-state index < -0.39 is 0 Å². The van der Waals surface area contributed by atoms with Gasteiger partial charge >= 0.3 is 0 Å². The van der Waals surface area contributed by atoms with Crippen molar-refractivity contribution in [2.45, 2.75) is 26.2 Å². The molecule has 83 valence electrons. The van der Waals surface area contributed by atoms with Crippen LogP contribution in [0.3, 0.4) is 0 Å². The van der Waals surface area contributed by atoms with E-state index in [0.29, 0.717) is 0 Å². The fourth-order valence-electron chi connectivity index (χ4n) is 1.49. The first kappa shape index (κ1) is 15.6. The topological polar surface area (TPSA) is 38.7 Å². The minimum atomic E-state index is 0. The maximum atomic E-state index is 4.33. The van der Waals surface area contributed by atoms with Gasteiger partial charge in [0.05, 0.1) is 5.69 Å². The summed E-state index contributed by atoms with van der Waals surface area (Å²) in [6.45, 7) is 6.42. The second kappa shape index (κ2) is 5.78. The third-order valence-corrected chi connectivity index (χ3v) is 2.12. The van der Waals surface area contributed by atoms with Crippen LogP contribution in [0.2, 0.25) is 0 Å². The molecular formula is C12H16N3Y-. The molecule has 2 heterocycles. The molecule has 0 amide bonds. The largest absolute Gasteiger partial charge is 0.358 e. The minimum absolute atomic E-state index is 0. The number of nitrogens with zero attached hydrogens (tertiary/aromatic N) is 3. The van der Waals surface area contributed by atoms with Gasteiger partial charge in [-0.2, -0.15) is 0 Å². The van der Waals surface area contributed by atoms with Crippen LogP contribution in [0.5, 0.6) is 0 Å². The quantitative estimate of drug-likeness (QED) is 0.701. The zero-order valence-electron chi connectivity index (χ0n) is 10.2. The molecule has 3 nitrogen and oxygen atoms in total. The first-order valence-electron chi connectivity index (χ1n) is 4.65. The van der Waals surface area contributed by atoms with Crippen LogP contribution in [0.1, 0.15) is 26.5 Å². The van der Waals surface area contributed by atoms with Crippen LogP contribution in [0, 0.1) is 7.43 Å². The number of aromatic nitrogens is 3. The Kier molecular flexibility index (Phi) is 5.64. The Bertz CT molecular complexity index is 458. The molecule has 1 radical (unpaired) electrons. The molecule has 0 atom stereocenters. The van der Waals surface area contributed by atoms with Crippen molar-refractivity contribution in [3.05, 3.63) is 37.8 Å². The summed E-state index contributed by atoms with van der Waals surface area (Å²) >= 11 is 0. The molecule has 0 unspecified atom stereocenters. The van der Waals surface area contributed by atoms with Crippen molar-refractivity contribution in [3.63, 3.8) is 0 Å². The van der Waals surface area contributed by atoms with Crippen LogP contribution in [0.15, 0.2) is 24.7 Å². The van der Waals surface area contributed by atoms with Crippen molar-refractivity contribution in [3.8, 4) is 0 Å². The van der Waals surface area contributed by atoms with E-state index in [0.717, 1.165) is 16.7 Å². The van der Waals surface area contributed by atoms with Gasteiger partial charge < -0.3 is 7.43 Å². The number of pyridine rings is 1. The molecule has 0 bridgehead atoms. The van der Waals surface area contributed by atoms with Gasteiger partial charge in [-0.15, -0.1) is 0 Å². The first-order valence-corrected chi connectivity index (χ1v) is 4.65. The number of hydrogen-bond donors (Lipinski definition) is 0. The molecule has 0 aliphatic heterocycles. The molecule has 0 fully saturated rings. The van der Waals surface area contributed by atoms with Gasteiger partial charge in [0.25, 0.3) is 0 Å². The van der Waals surface area contributed by atoms with Crippen molar-refractivity contribution in [1.82, 2.24) is 15.0 Å². The van der Waals surface area contributed by atoms with Crippen LogP contribution in [0.4, 0.5) is 0 Å². The molecule has 0 aromatic carbocycles. The van der Waals surface area contributed by atoms with Crippen molar-refractivity contribution in [1.29, 1.82) is 0 Å². The van der Waals surface area contributed by atoms with E-state index in [1.807, 2.05) is 12.1 Å². The fraction of sp³-hybridized carbons (Fsp3) is 0.333. The molecule has 0 aliphatic rings. The van der Waals surface area contributed by atoms with Gasteiger partial charge in [0.1, 0.15) is 6.33 Å². The monoisotopic (exact) mass is 291 g/mol. The third-order valence-electron chi connectivity index (χ3n) is 2.12. The van der Waals surface area contributed by atoms with Gasteiger partial charge in [-0.05, 0) is 12.1 Å². The van der Waals surface area contributed by atoms with Crippen LogP contribution < -0.4 is 0 Å². The smallest absolute Gasteiger partial charge is 0.162 e. The van der Waals surface area contributed by atoms with Gasteiger partial charge in [0, 0.05) is 49.7 Å². The van der Waals surface area contributed by atoms with E-state index in [1.165, 1.54) is 0 Å². The van der Waals surface area contributed by atoms with Crippen LogP contribution in [0.25, 0.3) is 11.0 Å². The fourth-order valence-corrected chi connectivity index (χ4v) is 1.49. The number of hydrogen-bond acceptors (Lipinski definition) is 3.